The van der Waals surface area contributed by atoms with Crippen LogP contribution in [0.2, 0.25) is 0 Å². The molecule has 0 bridgehead atoms. The number of primary amides is 1. The van der Waals surface area contributed by atoms with Crippen LogP contribution in [0, 0.1) is 0 Å². The summed E-state index contributed by atoms with van der Waals surface area (Å²) in [5.41, 5.74) is 7.08. The first kappa shape index (κ1) is 22.6. The van der Waals surface area contributed by atoms with Gasteiger partial charge in [-0.2, -0.15) is 0 Å². The van der Waals surface area contributed by atoms with E-state index in [0.29, 0.717) is 35.5 Å². The average molecular weight is 493 g/mol. The molecule has 3 N–H and O–H groups in total. The van der Waals surface area contributed by atoms with Gasteiger partial charge in [0, 0.05) is 24.6 Å². The predicted octanol–water partition coefficient (Wildman–Crippen LogP) is 1.67. The number of hydrogen-bond acceptors (Lipinski definition) is 9. The molecular weight excluding hydrogens is 464 g/mol. The highest BCUT2D eigenvalue weighted by molar-refractivity contribution is 7.99. The molecule has 10 nitrogen and oxygen atoms in total. The zero-order valence-electron chi connectivity index (χ0n) is 18.4. The van der Waals surface area contributed by atoms with Crippen molar-refractivity contribution in [3.8, 4) is 0 Å². The Hall–Kier alpha value is -2.15. The number of carbonyl (C=O) groups excluding carboxylic acids is 2. The first-order valence-electron chi connectivity index (χ1n) is 11.3. The number of thioether (sulfide) groups is 1. The summed E-state index contributed by atoms with van der Waals surface area (Å²) in [7, 11) is 0. The summed E-state index contributed by atoms with van der Waals surface area (Å²) in [5, 5.41) is 13.0. The van der Waals surface area contributed by atoms with Gasteiger partial charge in [-0.15, -0.1) is 21.5 Å². The number of carbonyl (C=O) groups is 2. The van der Waals surface area contributed by atoms with Crippen LogP contribution in [0.4, 0.5) is 10.9 Å². The van der Waals surface area contributed by atoms with Crippen molar-refractivity contribution in [3.63, 3.8) is 0 Å². The summed E-state index contributed by atoms with van der Waals surface area (Å²) in [5.74, 6) is 0.279. The van der Waals surface area contributed by atoms with Crippen LogP contribution in [-0.2, 0) is 33.7 Å². The maximum atomic E-state index is 12.8. The molecule has 5 rings (SSSR count). The number of nitrogens with zero attached hydrogens (tertiary/aromatic N) is 4. The van der Waals surface area contributed by atoms with Crippen molar-refractivity contribution in [1.82, 2.24) is 14.8 Å². The maximum absolute atomic E-state index is 12.8. The van der Waals surface area contributed by atoms with E-state index in [-0.39, 0.29) is 17.8 Å². The minimum atomic E-state index is -0.483. The van der Waals surface area contributed by atoms with Crippen LogP contribution in [0.5, 0.6) is 0 Å². The number of aromatic nitrogens is 3. The van der Waals surface area contributed by atoms with Gasteiger partial charge < -0.3 is 25.4 Å². The molecule has 0 aromatic carbocycles. The van der Waals surface area contributed by atoms with Crippen LogP contribution in [0.25, 0.3) is 0 Å². The largest absolute Gasteiger partial charge is 0.378 e. The first-order valence-corrected chi connectivity index (χ1v) is 13.1. The monoisotopic (exact) mass is 492 g/mol. The third kappa shape index (κ3) is 4.88. The SMILES string of the molecule is NC(=O)c1c(NC(=O)CSc2nnc(N3CCOCC3)n2CC2CCCO2)sc2c1CCC2. The summed E-state index contributed by atoms with van der Waals surface area (Å²) < 4.78 is 13.4. The zero-order chi connectivity index (χ0) is 22.8. The van der Waals surface area contributed by atoms with Crippen molar-refractivity contribution in [2.45, 2.75) is 49.9 Å². The molecule has 2 amide bonds. The lowest BCUT2D eigenvalue weighted by Gasteiger charge is -2.28. The van der Waals surface area contributed by atoms with E-state index >= 15 is 0 Å². The minimum absolute atomic E-state index is 0.126. The van der Waals surface area contributed by atoms with Gasteiger partial charge in [0.15, 0.2) is 5.16 Å². The molecule has 0 saturated carbocycles. The lowest BCUT2D eigenvalue weighted by atomic mass is 10.1. The van der Waals surface area contributed by atoms with Gasteiger partial charge in [0.25, 0.3) is 5.91 Å². The number of anilines is 2. The topological polar surface area (TPSA) is 125 Å². The van der Waals surface area contributed by atoms with Crippen molar-refractivity contribution in [2.24, 2.45) is 5.73 Å². The normalized spacial score (nSPS) is 20.2. The van der Waals surface area contributed by atoms with E-state index in [2.05, 4.69) is 25.0 Å². The van der Waals surface area contributed by atoms with Crippen molar-refractivity contribution in [3.05, 3.63) is 16.0 Å². The van der Waals surface area contributed by atoms with Crippen LogP contribution in [-0.4, -0.2) is 71.3 Å². The number of aryl methyl sites for hydroxylation is 1. The summed E-state index contributed by atoms with van der Waals surface area (Å²) in [6.45, 7) is 4.27. The highest BCUT2D eigenvalue weighted by Gasteiger charge is 2.27. The number of fused-ring (bicyclic) bond motifs is 1. The van der Waals surface area contributed by atoms with Gasteiger partial charge in [-0.3, -0.25) is 14.2 Å². The van der Waals surface area contributed by atoms with Crippen LogP contribution >= 0.6 is 23.1 Å². The third-order valence-electron chi connectivity index (χ3n) is 6.15. The molecule has 0 spiro atoms. The quantitative estimate of drug-likeness (QED) is 0.533. The smallest absolute Gasteiger partial charge is 0.251 e. The van der Waals surface area contributed by atoms with E-state index in [4.69, 9.17) is 15.2 Å². The van der Waals surface area contributed by atoms with Crippen molar-refractivity contribution >= 4 is 45.9 Å². The molecule has 2 fully saturated rings. The molecule has 2 saturated heterocycles. The van der Waals surface area contributed by atoms with Crippen LogP contribution in [0.15, 0.2) is 5.16 Å². The van der Waals surface area contributed by atoms with Gasteiger partial charge in [0.1, 0.15) is 5.00 Å². The molecule has 1 atom stereocenters. The van der Waals surface area contributed by atoms with E-state index in [9.17, 15) is 9.59 Å². The number of thiophene rings is 1. The second-order valence-electron chi connectivity index (χ2n) is 8.39. The number of ether oxygens (including phenoxy) is 2. The number of nitrogens with two attached hydrogens (primary N) is 1. The van der Waals surface area contributed by atoms with E-state index in [0.717, 1.165) is 68.2 Å². The molecule has 33 heavy (non-hydrogen) atoms. The fraction of sp³-hybridized carbons (Fsp3) is 0.619. The Kier molecular flexibility index (Phi) is 6.86. The van der Waals surface area contributed by atoms with E-state index in [1.807, 2.05) is 0 Å². The summed E-state index contributed by atoms with van der Waals surface area (Å²) in [6, 6.07) is 0. The first-order chi connectivity index (χ1) is 16.1. The van der Waals surface area contributed by atoms with E-state index in [1.54, 1.807) is 0 Å². The van der Waals surface area contributed by atoms with Crippen LogP contribution < -0.4 is 16.0 Å². The van der Waals surface area contributed by atoms with E-state index in [1.165, 1.54) is 23.1 Å². The van der Waals surface area contributed by atoms with Gasteiger partial charge in [0.2, 0.25) is 11.9 Å². The van der Waals surface area contributed by atoms with Crippen LogP contribution in [0.1, 0.15) is 40.1 Å². The summed E-state index contributed by atoms with van der Waals surface area (Å²) in [4.78, 5) is 28.1. The highest BCUT2D eigenvalue weighted by Crippen LogP contribution is 2.39. The van der Waals surface area contributed by atoms with Gasteiger partial charge >= 0.3 is 0 Å². The summed E-state index contributed by atoms with van der Waals surface area (Å²) >= 11 is 2.80. The molecule has 1 unspecified atom stereocenters. The Morgan fingerprint density at radius 3 is 2.79 bits per heavy atom. The lowest BCUT2D eigenvalue weighted by Crippen LogP contribution is -2.38. The number of hydrogen-bond donors (Lipinski definition) is 2. The molecule has 0 radical (unpaired) electrons. The maximum Gasteiger partial charge on any atom is 0.251 e. The molecule has 4 heterocycles. The van der Waals surface area contributed by atoms with Gasteiger partial charge in [0.05, 0.1) is 37.2 Å². The molecule has 3 aliphatic rings. The molecule has 2 aliphatic heterocycles. The Balaban J connectivity index is 1.28. The van der Waals surface area contributed by atoms with Crippen molar-refractivity contribution < 1.29 is 19.1 Å². The molecule has 2 aromatic rings. The fourth-order valence-corrected chi connectivity index (χ4v) is 6.64. The second-order valence-corrected chi connectivity index (χ2v) is 10.4. The number of nitrogens with one attached hydrogen (secondary N) is 1. The van der Waals surface area contributed by atoms with Gasteiger partial charge in [-0.25, -0.2) is 0 Å². The van der Waals surface area contributed by atoms with Crippen molar-refractivity contribution in [2.75, 3.05) is 48.9 Å². The third-order valence-corrected chi connectivity index (χ3v) is 8.33. The van der Waals surface area contributed by atoms with E-state index < -0.39 is 5.91 Å². The second kappa shape index (κ2) is 10.00. The molecule has 1 aliphatic carbocycles. The Morgan fingerprint density at radius 2 is 2.03 bits per heavy atom. The van der Waals surface area contributed by atoms with Crippen LogP contribution in [0.3, 0.4) is 0 Å². The molecule has 178 valence electrons. The number of rotatable bonds is 8. The molecular formula is C21H28N6O4S2. The standard InChI is InChI=1S/C21H28N6O4S2/c22-18(29)17-14-4-1-5-15(14)33-19(17)23-16(28)12-32-21-25-24-20(26-6-9-30-10-7-26)27(21)11-13-3-2-8-31-13/h13H,1-12H2,(H2,22,29)(H,23,28). The molecule has 12 heteroatoms. The highest BCUT2D eigenvalue weighted by atomic mass is 32.2. The van der Waals surface area contributed by atoms with Gasteiger partial charge in [-0.1, -0.05) is 11.8 Å². The lowest BCUT2D eigenvalue weighted by molar-refractivity contribution is -0.113. The molecule has 2 aromatic heterocycles. The Labute approximate surface area is 200 Å². The Bertz CT molecular complexity index is 1030. The zero-order valence-corrected chi connectivity index (χ0v) is 20.0. The van der Waals surface area contributed by atoms with Gasteiger partial charge in [-0.05, 0) is 37.7 Å². The minimum Gasteiger partial charge on any atom is -0.378 e. The Morgan fingerprint density at radius 1 is 1.18 bits per heavy atom. The number of morpholine rings is 1. The predicted molar refractivity (Wildman–Crippen MR) is 126 cm³/mol. The number of amides is 2. The van der Waals surface area contributed by atoms with Crippen molar-refractivity contribution in [1.29, 1.82) is 0 Å². The average Bonchev–Trinajstić information content (AvgIpc) is 3.58. The fourth-order valence-electron chi connectivity index (χ4n) is 4.58. The summed E-state index contributed by atoms with van der Waals surface area (Å²) in [6.07, 6.45) is 4.98.